The van der Waals surface area contributed by atoms with E-state index < -0.39 is 0 Å². The quantitative estimate of drug-likeness (QED) is 0.466. The minimum atomic E-state index is 0.423. The summed E-state index contributed by atoms with van der Waals surface area (Å²) in [5.74, 6) is 0. The molecule has 1 aliphatic heterocycles. The molecule has 0 aliphatic carbocycles. The van der Waals surface area contributed by atoms with Crippen molar-refractivity contribution in [3.05, 3.63) is 0 Å². The molecule has 3 heteroatoms. The Morgan fingerprint density at radius 1 is 1.70 bits per heavy atom. The molecule has 1 aliphatic rings. The van der Waals surface area contributed by atoms with Crippen LogP contribution in [0.1, 0.15) is 19.8 Å². The third-order valence-electron chi connectivity index (χ3n) is 1.49. The highest BCUT2D eigenvalue weighted by Gasteiger charge is 2.14. The van der Waals surface area contributed by atoms with Crippen molar-refractivity contribution in [1.82, 2.24) is 5.48 Å². The molecule has 1 atom stereocenters. The van der Waals surface area contributed by atoms with Crippen molar-refractivity contribution in [3.8, 4) is 0 Å². The topological polar surface area (TPSA) is 30.5 Å². The Bertz CT molecular complexity index is 81.7. The predicted octanol–water partition coefficient (Wildman–Crippen LogP) is 0.706. The fraction of sp³-hybridized carbons (Fsp3) is 1.00. The second-order valence-electron chi connectivity index (χ2n) is 2.53. The molecule has 0 aromatic heterocycles. The first-order valence-corrected chi connectivity index (χ1v) is 3.88. The van der Waals surface area contributed by atoms with E-state index in [1.807, 2.05) is 0 Å². The maximum Gasteiger partial charge on any atom is 0.0679 e. The van der Waals surface area contributed by atoms with E-state index in [4.69, 9.17) is 9.57 Å². The van der Waals surface area contributed by atoms with E-state index in [9.17, 15) is 0 Å². The zero-order valence-corrected chi connectivity index (χ0v) is 6.43. The van der Waals surface area contributed by atoms with E-state index in [0.717, 1.165) is 32.7 Å². The molecular weight excluding hydrogens is 130 g/mol. The number of rotatable bonds is 4. The van der Waals surface area contributed by atoms with Crippen LogP contribution in [0.15, 0.2) is 0 Å². The highest BCUT2D eigenvalue weighted by molar-refractivity contribution is 4.66. The van der Waals surface area contributed by atoms with Gasteiger partial charge in [-0.05, 0) is 12.8 Å². The molecule has 0 amide bonds. The average Bonchev–Trinajstić information content (AvgIpc) is 2.41. The van der Waals surface area contributed by atoms with Gasteiger partial charge >= 0.3 is 0 Å². The Kier molecular flexibility index (Phi) is 3.72. The normalized spacial score (nSPS) is 25.5. The van der Waals surface area contributed by atoms with Crippen LogP contribution >= 0.6 is 0 Å². The minimum absolute atomic E-state index is 0.423. The molecule has 1 saturated heterocycles. The summed E-state index contributed by atoms with van der Waals surface area (Å²) in [5.41, 5.74) is 2.96. The van der Waals surface area contributed by atoms with E-state index in [1.54, 1.807) is 0 Å². The van der Waals surface area contributed by atoms with Gasteiger partial charge in [-0.1, -0.05) is 6.92 Å². The van der Waals surface area contributed by atoms with Crippen molar-refractivity contribution in [1.29, 1.82) is 0 Å². The zero-order chi connectivity index (χ0) is 7.23. The van der Waals surface area contributed by atoms with Gasteiger partial charge in [0.1, 0.15) is 0 Å². The van der Waals surface area contributed by atoms with Gasteiger partial charge in [0.25, 0.3) is 0 Å². The lowest BCUT2D eigenvalue weighted by atomic mass is 10.3. The SMILES string of the molecule is CCCONC1CCOC1. The van der Waals surface area contributed by atoms with Crippen LogP contribution < -0.4 is 5.48 Å². The molecule has 3 nitrogen and oxygen atoms in total. The molecule has 10 heavy (non-hydrogen) atoms. The number of hydrogen-bond donors (Lipinski definition) is 1. The van der Waals surface area contributed by atoms with Crippen LogP contribution in [0.3, 0.4) is 0 Å². The summed E-state index contributed by atoms with van der Waals surface area (Å²) in [6.45, 7) is 4.54. The van der Waals surface area contributed by atoms with Crippen molar-refractivity contribution >= 4 is 0 Å². The Balaban J connectivity index is 1.91. The standard InChI is InChI=1S/C7H15NO2/c1-2-4-10-8-7-3-5-9-6-7/h7-8H,2-6H2,1H3. The maximum atomic E-state index is 5.15. The second kappa shape index (κ2) is 4.66. The molecule has 0 bridgehead atoms. The highest BCUT2D eigenvalue weighted by Crippen LogP contribution is 2.02. The van der Waals surface area contributed by atoms with Crippen LogP contribution in [0.5, 0.6) is 0 Å². The molecule has 1 rings (SSSR count). The van der Waals surface area contributed by atoms with Gasteiger partial charge in [-0.25, -0.2) is 0 Å². The first-order chi connectivity index (χ1) is 4.93. The lowest BCUT2D eigenvalue weighted by molar-refractivity contribution is 0.0138. The zero-order valence-electron chi connectivity index (χ0n) is 6.43. The van der Waals surface area contributed by atoms with Gasteiger partial charge in [-0.2, -0.15) is 5.48 Å². The largest absolute Gasteiger partial charge is 0.380 e. The molecule has 0 radical (unpaired) electrons. The molecule has 1 unspecified atom stereocenters. The van der Waals surface area contributed by atoms with E-state index >= 15 is 0 Å². The molecule has 0 saturated carbocycles. The van der Waals surface area contributed by atoms with Crippen LogP contribution in [0, 0.1) is 0 Å². The molecule has 0 aromatic carbocycles. The van der Waals surface area contributed by atoms with Gasteiger partial charge in [0, 0.05) is 6.61 Å². The lowest BCUT2D eigenvalue weighted by Crippen LogP contribution is -2.29. The molecule has 0 aromatic rings. The first-order valence-electron chi connectivity index (χ1n) is 3.88. The second-order valence-corrected chi connectivity index (χ2v) is 2.53. The monoisotopic (exact) mass is 145 g/mol. The molecular formula is C7H15NO2. The van der Waals surface area contributed by atoms with Crippen molar-refractivity contribution in [2.75, 3.05) is 19.8 Å². The van der Waals surface area contributed by atoms with E-state index in [-0.39, 0.29) is 0 Å². The number of hydroxylamine groups is 1. The summed E-state index contributed by atoms with van der Waals surface area (Å²) in [6.07, 6.45) is 2.13. The molecule has 60 valence electrons. The Labute approximate surface area is 61.7 Å². The summed E-state index contributed by atoms with van der Waals surface area (Å²) in [7, 11) is 0. The predicted molar refractivity (Wildman–Crippen MR) is 38.6 cm³/mol. The van der Waals surface area contributed by atoms with E-state index in [1.165, 1.54) is 0 Å². The van der Waals surface area contributed by atoms with Crippen molar-refractivity contribution < 1.29 is 9.57 Å². The van der Waals surface area contributed by atoms with Crippen molar-refractivity contribution in [2.45, 2.75) is 25.8 Å². The smallest absolute Gasteiger partial charge is 0.0679 e. The molecule has 1 heterocycles. The van der Waals surface area contributed by atoms with E-state index in [0.29, 0.717) is 6.04 Å². The number of nitrogens with one attached hydrogen (secondary N) is 1. The third kappa shape index (κ3) is 2.64. The fourth-order valence-corrected chi connectivity index (χ4v) is 0.906. The van der Waals surface area contributed by atoms with Crippen LogP contribution in [-0.2, 0) is 9.57 Å². The van der Waals surface area contributed by atoms with Gasteiger partial charge in [0.15, 0.2) is 0 Å². The summed E-state index contributed by atoms with van der Waals surface area (Å²) in [5, 5.41) is 0. The summed E-state index contributed by atoms with van der Waals surface area (Å²) in [6, 6.07) is 0.423. The van der Waals surface area contributed by atoms with Gasteiger partial charge < -0.3 is 9.57 Å². The minimum Gasteiger partial charge on any atom is -0.380 e. The van der Waals surface area contributed by atoms with Crippen molar-refractivity contribution in [3.63, 3.8) is 0 Å². The Morgan fingerprint density at radius 3 is 3.20 bits per heavy atom. The fourth-order valence-electron chi connectivity index (χ4n) is 0.906. The van der Waals surface area contributed by atoms with Crippen LogP contribution in [-0.4, -0.2) is 25.9 Å². The van der Waals surface area contributed by atoms with Gasteiger partial charge in [-0.3, -0.25) is 0 Å². The van der Waals surface area contributed by atoms with Crippen LogP contribution in [0.4, 0.5) is 0 Å². The van der Waals surface area contributed by atoms with Gasteiger partial charge in [0.2, 0.25) is 0 Å². The highest BCUT2D eigenvalue weighted by atomic mass is 16.6. The first kappa shape index (κ1) is 7.98. The number of hydrogen-bond acceptors (Lipinski definition) is 3. The lowest BCUT2D eigenvalue weighted by Gasteiger charge is -2.08. The Hall–Kier alpha value is -0.120. The maximum absolute atomic E-state index is 5.15. The van der Waals surface area contributed by atoms with E-state index in [2.05, 4.69) is 12.4 Å². The summed E-state index contributed by atoms with van der Waals surface area (Å²) < 4.78 is 5.15. The summed E-state index contributed by atoms with van der Waals surface area (Å²) >= 11 is 0. The van der Waals surface area contributed by atoms with Crippen LogP contribution in [0.25, 0.3) is 0 Å². The molecule has 0 spiro atoms. The molecule has 1 N–H and O–H groups in total. The van der Waals surface area contributed by atoms with Crippen LogP contribution in [0.2, 0.25) is 0 Å². The van der Waals surface area contributed by atoms with Gasteiger partial charge in [-0.15, -0.1) is 0 Å². The average molecular weight is 145 g/mol. The van der Waals surface area contributed by atoms with Crippen molar-refractivity contribution in [2.24, 2.45) is 0 Å². The Morgan fingerprint density at radius 2 is 2.60 bits per heavy atom. The van der Waals surface area contributed by atoms with Gasteiger partial charge in [0.05, 0.1) is 19.3 Å². The number of ether oxygens (including phenoxy) is 1. The summed E-state index contributed by atoms with van der Waals surface area (Å²) in [4.78, 5) is 5.14. The third-order valence-corrected chi connectivity index (χ3v) is 1.49. The molecule has 1 fully saturated rings.